The summed E-state index contributed by atoms with van der Waals surface area (Å²) in [6.45, 7) is 4.41. The van der Waals surface area contributed by atoms with Crippen molar-refractivity contribution in [1.82, 2.24) is 0 Å². The molecule has 0 radical (unpaired) electrons. The van der Waals surface area contributed by atoms with Crippen molar-refractivity contribution in [2.75, 3.05) is 33.3 Å². The first-order chi connectivity index (χ1) is 26.4. The number of rotatable bonds is 4. The van der Waals surface area contributed by atoms with E-state index < -0.39 is 0 Å². The summed E-state index contributed by atoms with van der Waals surface area (Å²) in [6.07, 6.45) is 0. The van der Waals surface area contributed by atoms with Gasteiger partial charge in [-0.2, -0.15) is 0 Å². The Labute approximate surface area is 324 Å². The van der Waals surface area contributed by atoms with Crippen molar-refractivity contribution in [2.24, 2.45) is 0 Å². The number of hydrogen-bond acceptors (Lipinski definition) is 6. The lowest BCUT2D eigenvalue weighted by Crippen LogP contribution is -2.53. The maximum Gasteiger partial charge on any atom is 0.416 e. The molecule has 0 bridgehead atoms. The fraction of sp³-hybridized carbons (Fsp3) is 0.0870. The largest absolute Gasteiger partial charge is 0.416 e. The number of benzene rings is 7. The van der Waals surface area contributed by atoms with Crippen LogP contribution in [0.1, 0.15) is 11.1 Å². The van der Waals surface area contributed by atoms with Gasteiger partial charge in [0.05, 0.1) is 11.4 Å². The predicted octanol–water partition coefficient (Wildman–Crippen LogP) is 11.0. The molecule has 0 amide bonds. The van der Waals surface area contributed by atoms with Crippen LogP contribution in [-0.2, 0) is 0 Å². The summed E-state index contributed by atoms with van der Waals surface area (Å²) in [5.74, 6) is 0. The summed E-state index contributed by atoms with van der Waals surface area (Å²) in [6, 6.07) is 54.5. The Morgan fingerprint density at radius 3 is 1.26 bits per heavy atom. The van der Waals surface area contributed by atoms with Crippen LogP contribution < -0.4 is 30.2 Å². The minimum Gasteiger partial charge on any atom is -0.385 e. The molecular formula is C46H36B2N4S2. The third kappa shape index (κ3) is 4.63. The number of thiophene rings is 2. The van der Waals surface area contributed by atoms with Crippen LogP contribution in [0.15, 0.2) is 146 Å². The van der Waals surface area contributed by atoms with E-state index in [0.29, 0.717) is 0 Å². The molecule has 7 aromatic carbocycles. The van der Waals surface area contributed by atoms with E-state index >= 15 is 0 Å². The Bertz CT molecular complexity index is 2740. The van der Waals surface area contributed by atoms with Crippen molar-refractivity contribution in [3.63, 3.8) is 0 Å². The van der Waals surface area contributed by atoms with Crippen LogP contribution in [0.2, 0.25) is 0 Å². The van der Waals surface area contributed by atoms with E-state index in [1.807, 2.05) is 22.7 Å². The van der Waals surface area contributed by atoms with Crippen LogP contribution in [0.25, 0.3) is 41.7 Å². The quantitative estimate of drug-likeness (QED) is 0.132. The SMILES string of the molecule is Cc1ccc(N2B(c3ccc4c(ccc5cc(B6N(C)c7sc8ccccc8c7N6c6ccc(C)cc6)ccc54)c3)N(C)c3sc4ccccc4c32)cc1. The Kier molecular flexibility index (Phi) is 7.01. The second-order valence-electron chi connectivity index (χ2n) is 14.9. The molecule has 2 aromatic heterocycles. The molecule has 0 spiro atoms. The Morgan fingerprint density at radius 2 is 0.833 bits per heavy atom. The van der Waals surface area contributed by atoms with Gasteiger partial charge in [-0.05, 0) is 96.8 Å². The van der Waals surface area contributed by atoms with Crippen molar-refractivity contribution < 1.29 is 0 Å². The van der Waals surface area contributed by atoms with E-state index in [9.17, 15) is 0 Å². The Hall–Kier alpha value is -5.69. The summed E-state index contributed by atoms with van der Waals surface area (Å²) in [5.41, 5.74) is 10.1. The zero-order valence-corrected chi connectivity index (χ0v) is 32.2. The molecule has 2 aliphatic heterocycles. The van der Waals surface area contributed by atoms with Gasteiger partial charge in [-0.25, -0.2) is 0 Å². The summed E-state index contributed by atoms with van der Waals surface area (Å²) >= 11 is 3.77. The molecule has 0 atom stereocenters. The van der Waals surface area contributed by atoms with Crippen LogP contribution in [0.4, 0.5) is 32.8 Å². The predicted molar refractivity (Wildman–Crippen MR) is 239 cm³/mol. The van der Waals surface area contributed by atoms with Crippen molar-refractivity contribution in [3.8, 4) is 0 Å². The molecule has 0 saturated heterocycles. The minimum absolute atomic E-state index is 0.0455. The highest BCUT2D eigenvalue weighted by atomic mass is 32.1. The maximum atomic E-state index is 2.54. The first-order valence-corrected chi connectivity index (χ1v) is 20.2. The van der Waals surface area contributed by atoms with Crippen LogP contribution in [-0.4, -0.2) is 28.1 Å². The molecule has 0 N–H and O–H groups in total. The summed E-state index contributed by atoms with van der Waals surface area (Å²) in [4.78, 5) is 10.0. The molecule has 4 heterocycles. The fourth-order valence-corrected chi connectivity index (χ4v) is 11.3. The van der Waals surface area contributed by atoms with E-state index in [0.717, 1.165) is 0 Å². The Morgan fingerprint density at radius 1 is 0.426 bits per heavy atom. The van der Waals surface area contributed by atoms with Gasteiger partial charge in [0.1, 0.15) is 10.0 Å². The van der Waals surface area contributed by atoms with Crippen LogP contribution in [0, 0.1) is 13.8 Å². The van der Waals surface area contributed by atoms with Crippen molar-refractivity contribution in [3.05, 3.63) is 157 Å². The van der Waals surface area contributed by atoms with Gasteiger partial charge >= 0.3 is 14.0 Å². The van der Waals surface area contributed by atoms with Gasteiger partial charge in [0.2, 0.25) is 0 Å². The minimum atomic E-state index is 0.0455. The van der Waals surface area contributed by atoms with Crippen molar-refractivity contribution >= 4 is 122 Å². The number of fused-ring (bicyclic) bond motifs is 9. The first kappa shape index (κ1) is 31.8. The molecular weight excluding hydrogens is 694 g/mol. The molecule has 11 rings (SSSR count). The monoisotopic (exact) mass is 730 g/mol. The summed E-state index contributed by atoms with van der Waals surface area (Å²) in [5, 5.41) is 10.3. The van der Waals surface area contributed by atoms with E-state index in [-0.39, 0.29) is 14.0 Å². The van der Waals surface area contributed by atoms with Gasteiger partial charge in [-0.15, -0.1) is 22.7 Å². The molecule has 0 fully saturated rings. The van der Waals surface area contributed by atoms with Crippen LogP contribution >= 0.6 is 22.7 Å². The lowest BCUT2D eigenvalue weighted by molar-refractivity contribution is 1.34. The van der Waals surface area contributed by atoms with Gasteiger partial charge in [-0.3, -0.25) is 0 Å². The molecule has 258 valence electrons. The number of hydrogen-bond donors (Lipinski definition) is 0. The highest BCUT2D eigenvalue weighted by molar-refractivity contribution is 7.25. The van der Waals surface area contributed by atoms with Gasteiger partial charge in [0.25, 0.3) is 0 Å². The lowest BCUT2D eigenvalue weighted by Gasteiger charge is -2.29. The van der Waals surface area contributed by atoms with E-state index in [4.69, 9.17) is 0 Å². The molecule has 0 saturated carbocycles. The molecule has 4 nitrogen and oxygen atoms in total. The van der Waals surface area contributed by atoms with Gasteiger partial charge in [-0.1, -0.05) is 120 Å². The molecule has 2 aliphatic rings. The number of aryl methyl sites for hydroxylation is 2. The second-order valence-corrected chi connectivity index (χ2v) is 17.0. The van der Waals surface area contributed by atoms with Crippen molar-refractivity contribution in [2.45, 2.75) is 13.8 Å². The Balaban J connectivity index is 1.00. The third-order valence-corrected chi connectivity index (χ3v) is 14.1. The molecule has 8 heteroatoms. The van der Waals surface area contributed by atoms with Crippen LogP contribution in [0.5, 0.6) is 0 Å². The highest BCUT2D eigenvalue weighted by Crippen LogP contribution is 2.53. The van der Waals surface area contributed by atoms with Crippen LogP contribution in [0.3, 0.4) is 0 Å². The summed E-state index contributed by atoms with van der Waals surface area (Å²) < 4.78 is 2.65. The zero-order chi connectivity index (χ0) is 36.2. The van der Waals surface area contributed by atoms with Crippen molar-refractivity contribution in [1.29, 1.82) is 0 Å². The van der Waals surface area contributed by atoms with E-state index in [1.54, 1.807) is 0 Å². The average molecular weight is 731 g/mol. The smallest absolute Gasteiger partial charge is 0.385 e. The fourth-order valence-electron chi connectivity index (χ4n) is 8.92. The zero-order valence-electron chi connectivity index (χ0n) is 30.6. The summed E-state index contributed by atoms with van der Waals surface area (Å²) in [7, 11) is 4.50. The highest BCUT2D eigenvalue weighted by Gasteiger charge is 2.45. The van der Waals surface area contributed by atoms with Gasteiger partial charge < -0.3 is 19.2 Å². The van der Waals surface area contributed by atoms with Gasteiger partial charge in [0, 0.05) is 31.5 Å². The second kappa shape index (κ2) is 11.9. The standard InChI is InChI=1S/C46H36B2N4S2/c1-29-13-21-35(22-14-29)51-43-39-9-5-7-11-41(39)53-45(43)49(3)47(51)33-19-25-37-31(27-33)17-18-32-28-34(20-26-38(32)37)48-50(4)46-44(40-10-6-8-12-42(40)54-46)52(48)36-23-15-30(2)16-24-36/h5-28H,1-4H3. The number of nitrogens with zero attached hydrogens (tertiary/aromatic N) is 4. The molecule has 0 unspecified atom stereocenters. The maximum absolute atomic E-state index is 2.54. The molecule has 9 aromatic rings. The number of anilines is 6. The van der Waals surface area contributed by atoms with Gasteiger partial charge in [0.15, 0.2) is 0 Å². The molecule has 54 heavy (non-hydrogen) atoms. The normalized spacial score (nSPS) is 14.1. The van der Waals surface area contributed by atoms with E-state index in [2.05, 4.69) is 193 Å². The lowest BCUT2D eigenvalue weighted by atomic mass is 9.64. The average Bonchev–Trinajstić information content (AvgIpc) is 3.92. The topological polar surface area (TPSA) is 13.0 Å². The first-order valence-electron chi connectivity index (χ1n) is 18.6. The van der Waals surface area contributed by atoms with E-state index in [1.165, 1.54) is 96.5 Å². The third-order valence-electron chi connectivity index (χ3n) is 11.6. The molecule has 0 aliphatic carbocycles.